The molecule has 0 bridgehead atoms. The largest absolute Gasteiger partial charge is 0.396 e. The maximum absolute atomic E-state index is 11.6. The number of rotatable bonds is 6. The molecular weight excluding hydrogens is 218 g/mol. The highest BCUT2D eigenvalue weighted by Gasteiger charge is 2.27. The maximum Gasteiger partial charge on any atom is 0.211 e. The van der Waals surface area contributed by atoms with Gasteiger partial charge < -0.3 is 9.84 Å². The highest BCUT2D eigenvalue weighted by atomic mass is 32.2. The van der Waals surface area contributed by atoms with Crippen LogP contribution in [0.1, 0.15) is 26.2 Å². The number of sulfonamides is 1. The number of unbranched alkanes of at least 4 members (excludes halogenated alkanes) is 1. The minimum Gasteiger partial charge on any atom is -0.396 e. The van der Waals surface area contributed by atoms with Gasteiger partial charge in [-0.25, -0.2) is 13.1 Å². The Morgan fingerprint density at radius 1 is 1.47 bits per heavy atom. The van der Waals surface area contributed by atoms with E-state index in [4.69, 9.17) is 9.84 Å². The molecule has 1 saturated heterocycles. The van der Waals surface area contributed by atoms with E-state index in [1.807, 2.05) is 6.92 Å². The van der Waals surface area contributed by atoms with E-state index in [-0.39, 0.29) is 24.5 Å². The molecule has 0 aromatic rings. The summed E-state index contributed by atoms with van der Waals surface area (Å²) in [6.45, 7) is 2.53. The van der Waals surface area contributed by atoms with E-state index in [0.29, 0.717) is 19.4 Å². The molecule has 1 aliphatic heterocycles. The Bertz CT molecular complexity index is 278. The van der Waals surface area contributed by atoms with Gasteiger partial charge in [-0.05, 0) is 26.2 Å². The number of hydrogen-bond donors (Lipinski definition) is 2. The van der Waals surface area contributed by atoms with Gasteiger partial charge in [0, 0.05) is 19.3 Å². The van der Waals surface area contributed by atoms with Crippen LogP contribution in [0.2, 0.25) is 0 Å². The van der Waals surface area contributed by atoms with Gasteiger partial charge in [-0.15, -0.1) is 0 Å². The topological polar surface area (TPSA) is 75.6 Å². The highest BCUT2D eigenvalue weighted by Crippen LogP contribution is 2.13. The molecule has 0 aliphatic carbocycles. The monoisotopic (exact) mass is 237 g/mol. The normalized spacial score (nSPS) is 27.1. The zero-order valence-corrected chi connectivity index (χ0v) is 9.79. The Balaban J connectivity index is 2.35. The van der Waals surface area contributed by atoms with Crippen molar-refractivity contribution in [3.8, 4) is 0 Å². The van der Waals surface area contributed by atoms with Crippen LogP contribution < -0.4 is 4.72 Å². The van der Waals surface area contributed by atoms with E-state index in [2.05, 4.69) is 4.72 Å². The van der Waals surface area contributed by atoms with Crippen LogP contribution in [0, 0.1) is 0 Å². The molecule has 2 N–H and O–H groups in total. The first-order chi connectivity index (χ1) is 7.05. The second-order valence-electron chi connectivity index (χ2n) is 3.84. The zero-order valence-electron chi connectivity index (χ0n) is 8.98. The molecule has 2 unspecified atom stereocenters. The molecule has 0 spiro atoms. The summed E-state index contributed by atoms with van der Waals surface area (Å²) in [6.07, 6.45) is 1.71. The lowest BCUT2D eigenvalue weighted by atomic mass is 10.2. The molecule has 15 heavy (non-hydrogen) atoms. The number of aliphatic hydroxyl groups excluding tert-OH is 1. The summed E-state index contributed by atoms with van der Waals surface area (Å²) in [5, 5.41) is 8.55. The Hall–Kier alpha value is -0.170. The molecule has 0 radical (unpaired) electrons. The lowest BCUT2D eigenvalue weighted by Crippen LogP contribution is -2.40. The molecule has 5 nitrogen and oxygen atoms in total. The van der Waals surface area contributed by atoms with E-state index in [1.165, 1.54) is 0 Å². The van der Waals surface area contributed by atoms with Crippen molar-refractivity contribution < 1.29 is 18.3 Å². The van der Waals surface area contributed by atoms with Gasteiger partial charge in [0.05, 0.1) is 11.9 Å². The summed E-state index contributed by atoms with van der Waals surface area (Å²) in [4.78, 5) is 0. The quantitative estimate of drug-likeness (QED) is 0.630. The fourth-order valence-electron chi connectivity index (χ4n) is 1.58. The predicted molar refractivity (Wildman–Crippen MR) is 57.1 cm³/mol. The van der Waals surface area contributed by atoms with Crippen LogP contribution in [-0.4, -0.2) is 44.6 Å². The van der Waals surface area contributed by atoms with Gasteiger partial charge in [0.25, 0.3) is 0 Å². The van der Waals surface area contributed by atoms with Crippen molar-refractivity contribution in [1.29, 1.82) is 0 Å². The number of nitrogens with one attached hydrogen (secondary N) is 1. The SMILES string of the molecule is CC1OCCC1NS(=O)(=O)CCCCO. The number of aliphatic hydroxyl groups is 1. The van der Waals surface area contributed by atoms with Crippen molar-refractivity contribution in [2.75, 3.05) is 19.0 Å². The molecule has 2 atom stereocenters. The van der Waals surface area contributed by atoms with Gasteiger partial charge in [0.1, 0.15) is 0 Å². The van der Waals surface area contributed by atoms with E-state index < -0.39 is 10.0 Å². The molecule has 0 saturated carbocycles. The Morgan fingerprint density at radius 2 is 2.20 bits per heavy atom. The summed E-state index contributed by atoms with van der Waals surface area (Å²) in [7, 11) is -3.21. The van der Waals surface area contributed by atoms with Crippen molar-refractivity contribution in [2.24, 2.45) is 0 Å². The molecule has 90 valence electrons. The molecule has 0 amide bonds. The van der Waals surface area contributed by atoms with Crippen molar-refractivity contribution in [3.63, 3.8) is 0 Å². The first-order valence-electron chi connectivity index (χ1n) is 5.27. The van der Waals surface area contributed by atoms with Gasteiger partial charge in [-0.1, -0.05) is 0 Å². The summed E-state index contributed by atoms with van der Waals surface area (Å²) in [6, 6.07) is -0.0934. The van der Waals surface area contributed by atoms with Crippen molar-refractivity contribution >= 4 is 10.0 Å². The molecule has 6 heteroatoms. The van der Waals surface area contributed by atoms with Gasteiger partial charge in [-0.3, -0.25) is 0 Å². The summed E-state index contributed by atoms with van der Waals surface area (Å²) >= 11 is 0. The standard InChI is InChI=1S/C9H19NO4S/c1-8-9(4-6-14-8)10-15(12,13)7-3-2-5-11/h8-11H,2-7H2,1H3. The summed E-state index contributed by atoms with van der Waals surface area (Å²) in [5.41, 5.74) is 0. The minimum absolute atomic E-state index is 0.0401. The smallest absolute Gasteiger partial charge is 0.211 e. The van der Waals surface area contributed by atoms with Crippen LogP contribution in [0.4, 0.5) is 0 Å². The fraction of sp³-hybridized carbons (Fsp3) is 1.00. The van der Waals surface area contributed by atoms with E-state index in [0.717, 1.165) is 6.42 Å². The fourth-order valence-corrected chi connectivity index (χ4v) is 3.05. The van der Waals surface area contributed by atoms with Crippen LogP contribution in [0.3, 0.4) is 0 Å². The van der Waals surface area contributed by atoms with Crippen molar-refractivity contribution in [3.05, 3.63) is 0 Å². The zero-order chi connectivity index (χ0) is 11.3. The minimum atomic E-state index is -3.21. The van der Waals surface area contributed by atoms with E-state index >= 15 is 0 Å². The van der Waals surface area contributed by atoms with E-state index in [9.17, 15) is 8.42 Å². The lowest BCUT2D eigenvalue weighted by Gasteiger charge is -2.15. The summed E-state index contributed by atoms with van der Waals surface area (Å²) in [5.74, 6) is 0.0801. The average molecular weight is 237 g/mol. The van der Waals surface area contributed by atoms with Gasteiger partial charge in [-0.2, -0.15) is 0 Å². The van der Waals surface area contributed by atoms with Crippen LogP contribution in [-0.2, 0) is 14.8 Å². The average Bonchev–Trinajstić information content (AvgIpc) is 2.51. The van der Waals surface area contributed by atoms with E-state index in [1.54, 1.807) is 0 Å². The third kappa shape index (κ3) is 4.46. The van der Waals surface area contributed by atoms with Crippen LogP contribution in [0.15, 0.2) is 0 Å². The molecule has 1 heterocycles. The van der Waals surface area contributed by atoms with Gasteiger partial charge in [0.2, 0.25) is 10.0 Å². The molecule has 0 aromatic carbocycles. The third-order valence-electron chi connectivity index (χ3n) is 2.53. The molecule has 1 aliphatic rings. The van der Waals surface area contributed by atoms with Gasteiger partial charge in [0.15, 0.2) is 0 Å². The molecule has 1 rings (SSSR count). The summed E-state index contributed by atoms with van der Waals surface area (Å²) < 4.78 is 31.0. The molecular formula is C9H19NO4S. The van der Waals surface area contributed by atoms with Crippen LogP contribution >= 0.6 is 0 Å². The van der Waals surface area contributed by atoms with Crippen LogP contribution in [0.25, 0.3) is 0 Å². The Kier molecular flexibility index (Phi) is 4.98. The molecule has 1 fully saturated rings. The van der Waals surface area contributed by atoms with Crippen LogP contribution in [0.5, 0.6) is 0 Å². The van der Waals surface area contributed by atoms with Crippen molar-refractivity contribution in [2.45, 2.75) is 38.3 Å². The second-order valence-corrected chi connectivity index (χ2v) is 5.71. The lowest BCUT2D eigenvalue weighted by molar-refractivity contribution is 0.117. The van der Waals surface area contributed by atoms with Crippen molar-refractivity contribution in [1.82, 2.24) is 4.72 Å². The number of hydrogen-bond acceptors (Lipinski definition) is 4. The molecule has 0 aromatic heterocycles. The third-order valence-corrected chi connectivity index (χ3v) is 4.02. The van der Waals surface area contributed by atoms with Gasteiger partial charge >= 0.3 is 0 Å². The maximum atomic E-state index is 11.6. The first-order valence-corrected chi connectivity index (χ1v) is 6.93. The second kappa shape index (κ2) is 5.79. The Morgan fingerprint density at radius 3 is 2.73 bits per heavy atom. The predicted octanol–water partition coefficient (Wildman–Crippen LogP) is -0.144. The Labute approximate surface area is 90.9 Å². The number of ether oxygens (including phenoxy) is 1. The highest BCUT2D eigenvalue weighted by molar-refractivity contribution is 7.89. The first kappa shape index (κ1) is 12.9.